The fraction of sp³-hybridized carbons (Fsp3) is 0.375. The van der Waals surface area contributed by atoms with Gasteiger partial charge in [-0.3, -0.25) is 0 Å². The van der Waals surface area contributed by atoms with Crippen LogP contribution in [0.4, 0.5) is 0 Å². The van der Waals surface area contributed by atoms with Gasteiger partial charge in [0, 0.05) is 17.3 Å². The van der Waals surface area contributed by atoms with Gasteiger partial charge in [0.2, 0.25) is 0 Å². The van der Waals surface area contributed by atoms with Crippen LogP contribution in [0.3, 0.4) is 0 Å². The van der Waals surface area contributed by atoms with E-state index in [0.29, 0.717) is 6.42 Å². The molecule has 0 aliphatic heterocycles. The van der Waals surface area contributed by atoms with Crippen LogP contribution in [0.15, 0.2) is 28.7 Å². The van der Waals surface area contributed by atoms with Crippen LogP contribution in [0.5, 0.6) is 0 Å². The van der Waals surface area contributed by atoms with Gasteiger partial charge in [-0.25, -0.2) is 0 Å². The van der Waals surface area contributed by atoms with E-state index in [4.69, 9.17) is 10.5 Å². The van der Waals surface area contributed by atoms with E-state index >= 15 is 0 Å². The van der Waals surface area contributed by atoms with E-state index in [1.54, 1.807) is 0 Å². The van der Waals surface area contributed by atoms with Crippen LogP contribution in [0.1, 0.15) is 31.2 Å². The number of nitriles is 2. The van der Waals surface area contributed by atoms with Crippen molar-refractivity contribution in [2.24, 2.45) is 5.92 Å². The van der Waals surface area contributed by atoms with Gasteiger partial charge < -0.3 is 0 Å². The van der Waals surface area contributed by atoms with Crippen LogP contribution in [-0.2, 0) is 6.42 Å². The summed E-state index contributed by atoms with van der Waals surface area (Å²) in [4.78, 5) is 0. The summed E-state index contributed by atoms with van der Waals surface area (Å²) in [6.07, 6.45) is 3.96. The first-order chi connectivity index (χ1) is 9.27. The molecular formula is C16H15BrN2. The zero-order valence-corrected chi connectivity index (χ0v) is 12.3. The smallest absolute Gasteiger partial charge is 0.133 e. The molecule has 0 aliphatic rings. The molecule has 0 bridgehead atoms. The van der Waals surface area contributed by atoms with Gasteiger partial charge in [0.15, 0.2) is 0 Å². The molecular weight excluding hydrogens is 300 g/mol. The Morgan fingerprint density at radius 2 is 1.74 bits per heavy atom. The third-order valence-electron chi connectivity index (χ3n) is 2.71. The Balaban J connectivity index is 2.21. The second-order valence-corrected chi connectivity index (χ2v) is 5.00. The minimum atomic E-state index is -0.484. The van der Waals surface area contributed by atoms with Crippen LogP contribution < -0.4 is 0 Å². The minimum absolute atomic E-state index is 0.484. The number of unbranched alkanes of at least 4 members (excludes halogenated alkanes) is 1. The highest BCUT2D eigenvalue weighted by Crippen LogP contribution is 2.17. The largest absolute Gasteiger partial charge is 0.197 e. The predicted octanol–water partition coefficient (Wildman–Crippen LogP) is 4.22. The molecule has 19 heavy (non-hydrogen) atoms. The first kappa shape index (κ1) is 15.3. The lowest BCUT2D eigenvalue weighted by Crippen LogP contribution is -1.91. The summed E-state index contributed by atoms with van der Waals surface area (Å²) in [5.41, 5.74) is 1.27. The first-order valence-corrected chi connectivity index (χ1v) is 7.05. The van der Waals surface area contributed by atoms with E-state index in [9.17, 15) is 0 Å². The normalized spacial score (nSPS) is 9.26. The second-order valence-electron chi connectivity index (χ2n) is 4.15. The zero-order chi connectivity index (χ0) is 13.9. The van der Waals surface area contributed by atoms with Gasteiger partial charge >= 0.3 is 0 Å². The fourth-order valence-corrected chi connectivity index (χ4v) is 2.11. The number of hydrogen-bond acceptors (Lipinski definition) is 2. The highest BCUT2D eigenvalue weighted by Gasteiger charge is 2.02. The molecule has 0 unspecified atom stereocenters. The molecule has 1 aromatic carbocycles. The maximum atomic E-state index is 8.61. The lowest BCUT2D eigenvalue weighted by atomic mass is 10.1. The maximum absolute atomic E-state index is 8.61. The highest BCUT2D eigenvalue weighted by molar-refractivity contribution is 9.10. The van der Waals surface area contributed by atoms with E-state index in [-0.39, 0.29) is 0 Å². The van der Waals surface area contributed by atoms with Crippen molar-refractivity contribution < 1.29 is 0 Å². The molecule has 0 aromatic heterocycles. The Kier molecular flexibility index (Phi) is 7.41. The van der Waals surface area contributed by atoms with Crippen molar-refractivity contribution in [3.63, 3.8) is 0 Å². The summed E-state index contributed by atoms with van der Waals surface area (Å²) in [6.45, 7) is 0. The van der Waals surface area contributed by atoms with Crippen LogP contribution in [-0.4, -0.2) is 0 Å². The van der Waals surface area contributed by atoms with E-state index in [2.05, 4.69) is 33.8 Å². The Morgan fingerprint density at radius 1 is 1.05 bits per heavy atom. The van der Waals surface area contributed by atoms with Gasteiger partial charge in [-0.15, -0.1) is 11.8 Å². The molecule has 1 aromatic rings. The van der Waals surface area contributed by atoms with Gasteiger partial charge in [0.1, 0.15) is 5.92 Å². The third kappa shape index (κ3) is 6.10. The molecule has 0 radical (unpaired) electrons. The predicted molar refractivity (Wildman–Crippen MR) is 78.8 cm³/mol. The van der Waals surface area contributed by atoms with E-state index in [1.165, 1.54) is 5.56 Å². The van der Waals surface area contributed by atoms with E-state index in [1.807, 2.05) is 30.3 Å². The molecule has 1 rings (SSSR count). The lowest BCUT2D eigenvalue weighted by Gasteiger charge is -1.99. The van der Waals surface area contributed by atoms with Crippen molar-refractivity contribution in [2.45, 2.75) is 32.1 Å². The molecule has 0 spiro atoms. The molecule has 0 saturated heterocycles. The van der Waals surface area contributed by atoms with Gasteiger partial charge in [-0.2, -0.15) is 10.5 Å². The van der Waals surface area contributed by atoms with Crippen molar-refractivity contribution >= 4 is 15.9 Å². The molecule has 3 heteroatoms. The number of nitrogens with zero attached hydrogens (tertiary/aromatic N) is 2. The summed E-state index contributed by atoms with van der Waals surface area (Å²) in [7, 11) is 0. The maximum Gasteiger partial charge on any atom is 0.133 e. The average molecular weight is 315 g/mol. The monoisotopic (exact) mass is 314 g/mol. The van der Waals surface area contributed by atoms with E-state index < -0.39 is 5.92 Å². The third-order valence-corrected chi connectivity index (χ3v) is 3.48. The summed E-state index contributed by atoms with van der Waals surface area (Å²) in [6, 6.07) is 12.1. The Labute approximate surface area is 123 Å². The summed E-state index contributed by atoms with van der Waals surface area (Å²) < 4.78 is 1.13. The Bertz CT molecular complexity index is 526. The molecule has 0 aliphatic carbocycles. The van der Waals surface area contributed by atoms with Gasteiger partial charge in [0.05, 0.1) is 12.1 Å². The molecule has 96 valence electrons. The first-order valence-electron chi connectivity index (χ1n) is 6.26. The molecule has 2 nitrogen and oxygen atoms in total. The van der Waals surface area contributed by atoms with E-state index in [0.717, 1.165) is 30.2 Å². The van der Waals surface area contributed by atoms with Gasteiger partial charge in [0.25, 0.3) is 0 Å². The highest BCUT2D eigenvalue weighted by atomic mass is 79.9. The summed E-state index contributed by atoms with van der Waals surface area (Å²) in [5.74, 6) is 5.74. The Hall–Kier alpha value is -1.76. The Morgan fingerprint density at radius 3 is 2.42 bits per heavy atom. The number of benzene rings is 1. The molecule has 0 fully saturated rings. The average Bonchev–Trinajstić information content (AvgIpc) is 2.44. The van der Waals surface area contributed by atoms with Crippen molar-refractivity contribution in [1.29, 1.82) is 10.5 Å². The lowest BCUT2D eigenvalue weighted by molar-refractivity contribution is 0.685. The number of hydrogen-bond donors (Lipinski definition) is 0. The second kappa shape index (κ2) is 9.21. The van der Waals surface area contributed by atoms with Crippen molar-refractivity contribution in [2.75, 3.05) is 0 Å². The summed E-state index contributed by atoms with van der Waals surface area (Å²) in [5, 5.41) is 17.2. The molecule has 0 atom stereocenters. The zero-order valence-electron chi connectivity index (χ0n) is 10.7. The van der Waals surface area contributed by atoms with Crippen LogP contribution in [0, 0.1) is 40.4 Å². The number of halogens is 1. The van der Waals surface area contributed by atoms with Gasteiger partial charge in [-0.1, -0.05) is 34.1 Å². The number of rotatable bonds is 5. The quantitative estimate of drug-likeness (QED) is 0.603. The van der Waals surface area contributed by atoms with Crippen LogP contribution in [0.2, 0.25) is 0 Å². The fourth-order valence-electron chi connectivity index (χ4n) is 1.63. The van der Waals surface area contributed by atoms with Crippen molar-refractivity contribution in [3.05, 3.63) is 34.3 Å². The van der Waals surface area contributed by atoms with Crippen LogP contribution in [0.25, 0.3) is 0 Å². The van der Waals surface area contributed by atoms with Crippen LogP contribution >= 0.6 is 15.9 Å². The topological polar surface area (TPSA) is 47.6 Å². The number of aryl methyl sites for hydroxylation is 1. The van der Waals surface area contributed by atoms with Crippen molar-refractivity contribution in [1.82, 2.24) is 0 Å². The molecule has 0 saturated carbocycles. The molecule has 0 heterocycles. The summed E-state index contributed by atoms with van der Waals surface area (Å²) >= 11 is 3.51. The van der Waals surface area contributed by atoms with Gasteiger partial charge in [-0.05, 0) is 30.9 Å². The molecule has 0 amide bonds. The molecule has 0 N–H and O–H groups in total. The minimum Gasteiger partial charge on any atom is -0.197 e. The van der Waals surface area contributed by atoms with Crippen molar-refractivity contribution in [3.8, 4) is 24.0 Å². The SMILES string of the molecule is N#CC(C#N)CCCC#CCCc1ccccc1Br. The standard InChI is InChI=1S/C16H15BrN2/c17-16-11-7-6-10-15(16)9-5-3-1-2-4-8-14(12-18)13-19/h6-7,10-11,14H,2,4-5,8-9H2.